The summed E-state index contributed by atoms with van der Waals surface area (Å²) in [5.41, 5.74) is 1.93. The number of nitro benzene ring substituents is 1. The smallest absolute Gasteiger partial charge is 0.282 e. The summed E-state index contributed by atoms with van der Waals surface area (Å²) in [6, 6.07) is 9.32. The first-order valence-corrected chi connectivity index (χ1v) is 6.52. The van der Waals surface area contributed by atoms with Gasteiger partial charge in [0, 0.05) is 11.8 Å². The highest BCUT2D eigenvalue weighted by Gasteiger charge is 2.12. The molecule has 0 bridgehead atoms. The Balaban J connectivity index is 2.31. The molecule has 0 saturated heterocycles. The molecule has 0 aliphatic carbocycles. The van der Waals surface area contributed by atoms with E-state index in [9.17, 15) is 14.5 Å². The van der Waals surface area contributed by atoms with E-state index in [0.717, 1.165) is 5.56 Å². The lowest BCUT2D eigenvalue weighted by atomic mass is 10.2. The third-order valence-corrected chi connectivity index (χ3v) is 3.41. The van der Waals surface area contributed by atoms with E-state index in [1.54, 1.807) is 24.3 Å². The van der Waals surface area contributed by atoms with Crippen molar-refractivity contribution in [2.24, 2.45) is 0 Å². The predicted octanol–water partition coefficient (Wildman–Crippen LogP) is 4.39. The SMILES string of the molecule is Cc1ccc(F)c(Nc2ccc([N+](=O)[O-])c(I)c2)c1. The number of nitro groups is 1. The molecule has 98 valence electrons. The fraction of sp³-hybridized carbons (Fsp3) is 0.0769. The van der Waals surface area contributed by atoms with E-state index < -0.39 is 4.92 Å². The Kier molecular flexibility index (Phi) is 3.98. The molecule has 19 heavy (non-hydrogen) atoms. The largest absolute Gasteiger partial charge is 0.353 e. The molecule has 0 spiro atoms. The molecule has 0 heterocycles. The Morgan fingerprint density at radius 1 is 1.26 bits per heavy atom. The van der Waals surface area contributed by atoms with Crippen molar-refractivity contribution in [1.29, 1.82) is 0 Å². The van der Waals surface area contributed by atoms with Crippen LogP contribution in [0.25, 0.3) is 0 Å². The summed E-state index contributed by atoms with van der Waals surface area (Å²) in [5.74, 6) is -0.362. The van der Waals surface area contributed by atoms with Crippen LogP contribution in [0.2, 0.25) is 0 Å². The van der Waals surface area contributed by atoms with Crippen molar-refractivity contribution in [3.8, 4) is 0 Å². The van der Waals surface area contributed by atoms with E-state index in [4.69, 9.17) is 0 Å². The highest BCUT2D eigenvalue weighted by molar-refractivity contribution is 14.1. The molecular formula is C13H10FIN2O2. The maximum atomic E-state index is 13.6. The Bertz CT molecular complexity index is 647. The fourth-order valence-corrected chi connectivity index (χ4v) is 2.34. The Morgan fingerprint density at radius 3 is 2.63 bits per heavy atom. The van der Waals surface area contributed by atoms with Crippen LogP contribution in [0.1, 0.15) is 5.56 Å². The van der Waals surface area contributed by atoms with Gasteiger partial charge in [-0.3, -0.25) is 10.1 Å². The summed E-state index contributed by atoms with van der Waals surface area (Å²) >= 11 is 1.88. The number of benzene rings is 2. The van der Waals surface area contributed by atoms with E-state index >= 15 is 0 Å². The zero-order valence-corrected chi connectivity index (χ0v) is 12.1. The van der Waals surface area contributed by atoms with Gasteiger partial charge in [-0.1, -0.05) is 6.07 Å². The standard InChI is InChI=1S/C13H10FIN2O2/c1-8-2-4-10(14)12(6-8)16-9-3-5-13(17(18)19)11(15)7-9/h2-7,16H,1H3. The molecule has 0 unspecified atom stereocenters. The summed E-state index contributed by atoms with van der Waals surface area (Å²) in [4.78, 5) is 10.3. The van der Waals surface area contributed by atoms with E-state index in [1.165, 1.54) is 12.1 Å². The van der Waals surface area contributed by atoms with E-state index in [2.05, 4.69) is 5.32 Å². The number of halogens is 2. The summed E-state index contributed by atoms with van der Waals surface area (Å²) in [6.45, 7) is 1.87. The second-order valence-electron chi connectivity index (χ2n) is 4.03. The number of hydrogen-bond acceptors (Lipinski definition) is 3. The second-order valence-corrected chi connectivity index (χ2v) is 5.19. The molecule has 0 fully saturated rings. The van der Waals surface area contributed by atoms with Crippen LogP contribution in [-0.2, 0) is 0 Å². The van der Waals surface area contributed by atoms with E-state index in [-0.39, 0.29) is 11.5 Å². The molecular weight excluding hydrogens is 362 g/mol. The summed E-state index contributed by atoms with van der Waals surface area (Å²) < 4.78 is 14.1. The highest BCUT2D eigenvalue weighted by atomic mass is 127. The molecule has 2 aromatic rings. The third kappa shape index (κ3) is 3.19. The van der Waals surface area contributed by atoms with Crippen molar-refractivity contribution >= 4 is 39.7 Å². The molecule has 0 aliphatic heterocycles. The van der Waals surface area contributed by atoms with Gasteiger partial charge in [-0.05, 0) is 59.3 Å². The third-order valence-electron chi connectivity index (χ3n) is 2.55. The first-order valence-electron chi connectivity index (χ1n) is 5.44. The van der Waals surface area contributed by atoms with Crippen molar-refractivity contribution in [3.05, 3.63) is 61.5 Å². The molecule has 4 nitrogen and oxygen atoms in total. The quantitative estimate of drug-likeness (QED) is 0.494. The summed E-state index contributed by atoms with van der Waals surface area (Å²) in [7, 11) is 0. The first kappa shape index (κ1) is 13.7. The highest BCUT2D eigenvalue weighted by Crippen LogP contribution is 2.27. The van der Waals surface area contributed by atoms with Gasteiger partial charge >= 0.3 is 0 Å². The molecule has 0 atom stereocenters. The van der Waals surface area contributed by atoms with Gasteiger partial charge in [0.1, 0.15) is 5.82 Å². The summed E-state index contributed by atoms with van der Waals surface area (Å²) in [6.07, 6.45) is 0. The van der Waals surface area contributed by atoms with E-state index in [1.807, 2.05) is 29.5 Å². The average Bonchev–Trinajstić information content (AvgIpc) is 2.33. The van der Waals surface area contributed by atoms with Gasteiger partial charge < -0.3 is 5.32 Å². The second kappa shape index (κ2) is 5.52. The number of nitrogens with one attached hydrogen (secondary N) is 1. The molecule has 0 amide bonds. The Hall–Kier alpha value is -1.70. The van der Waals surface area contributed by atoms with Crippen LogP contribution in [0.15, 0.2) is 36.4 Å². The van der Waals surface area contributed by atoms with Gasteiger partial charge in [0.15, 0.2) is 0 Å². The topological polar surface area (TPSA) is 55.2 Å². The number of nitrogens with zero attached hydrogens (tertiary/aromatic N) is 1. The van der Waals surface area contributed by atoms with Gasteiger partial charge in [-0.15, -0.1) is 0 Å². The zero-order chi connectivity index (χ0) is 14.0. The normalized spacial score (nSPS) is 10.3. The van der Waals surface area contributed by atoms with Gasteiger partial charge in [0.25, 0.3) is 5.69 Å². The summed E-state index contributed by atoms with van der Waals surface area (Å²) in [5, 5.41) is 13.6. The number of hydrogen-bond donors (Lipinski definition) is 1. The minimum Gasteiger partial charge on any atom is -0.353 e. The lowest BCUT2D eigenvalue weighted by Gasteiger charge is -2.09. The van der Waals surface area contributed by atoms with Crippen molar-refractivity contribution in [1.82, 2.24) is 0 Å². The molecule has 0 aliphatic rings. The first-order chi connectivity index (χ1) is 8.97. The molecule has 0 saturated carbocycles. The van der Waals surface area contributed by atoms with Crippen LogP contribution in [0.4, 0.5) is 21.5 Å². The van der Waals surface area contributed by atoms with Crippen molar-refractivity contribution in [2.75, 3.05) is 5.32 Å². The molecule has 2 rings (SSSR count). The minimum absolute atomic E-state index is 0.0378. The van der Waals surface area contributed by atoms with Crippen LogP contribution < -0.4 is 5.32 Å². The van der Waals surface area contributed by atoms with Crippen molar-refractivity contribution in [3.63, 3.8) is 0 Å². The van der Waals surface area contributed by atoms with Crippen LogP contribution in [0.3, 0.4) is 0 Å². The zero-order valence-electron chi connectivity index (χ0n) is 9.98. The predicted molar refractivity (Wildman–Crippen MR) is 80.2 cm³/mol. The number of aryl methyl sites for hydroxylation is 1. The lowest BCUT2D eigenvalue weighted by Crippen LogP contribution is -1.97. The monoisotopic (exact) mass is 372 g/mol. The average molecular weight is 372 g/mol. The minimum atomic E-state index is -0.446. The number of rotatable bonds is 3. The maximum Gasteiger partial charge on any atom is 0.282 e. The molecule has 2 aromatic carbocycles. The lowest BCUT2D eigenvalue weighted by molar-refractivity contribution is -0.385. The van der Waals surface area contributed by atoms with Crippen LogP contribution >= 0.6 is 22.6 Å². The van der Waals surface area contributed by atoms with Gasteiger partial charge in [0.2, 0.25) is 0 Å². The van der Waals surface area contributed by atoms with Crippen molar-refractivity contribution in [2.45, 2.75) is 6.92 Å². The van der Waals surface area contributed by atoms with Gasteiger partial charge in [0.05, 0.1) is 14.2 Å². The molecule has 0 aromatic heterocycles. The Labute approximate surface area is 122 Å². The molecule has 0 radical (unpaired) electrons. The fourth-order valence-electron chi connectivity index (χ4n) is 1.62. The maximum absolute atomic E-state index is 13.6. The van der Waals surface area contributed by atoms with Crippen LogP contribution in [-0.4, -0.2) is 4.92 Å². The van der Waals surface area contributed by atoms with E-state index in [0.29, 0.717) is 14.9 Å². The molecule has 6 heteroatoms. The molecule has 1 N–H and O–H groups in total. The van der Waals surface area contributed by atoms with Crippen molar-refractivity contribution < 1.29 is 9.31 Å². The van der Waals surface area contributed by atoms with Gasteiger partial charge in [-0.25, -0.2) is 4.39 Å². The van der Waals surface area contributed by atoms with Gasteiger partial charge in [-0.2, -0.15) is 0 Å². The van der Waals surface area contributed by atoms with Crippen LogP contribution in [0, 0.1) is 26.4 Å². The Morgan fingerprint density at radius 2 is 2.00 bits per heavy atom. The number of anilines is 2. The van der Waals surface area contributed by atoms with Crippen LogP contribution in [0.5, 0.6) is 0 Å².